The second kappa shape index (κ2) is 15.4. The second-order valence-corrected chi connectivity index (χ2v) is 14.5. The number of nitriles is 3. The third-order valence-corrected chi connectivity index (χ3v) is 10.6. The number of aromatic nitrogens is 4. The van der Waals surface area contributed by atoms with Crippen molar-refractivity contribution in [2.24, 2.45) is 0 Å². The highest BCUT2D eigenvalue weighted by Gasteiger charge is 2.32. The Labute approximate surface area is 353 Å². The van der Waals surface area contributed by atoms with E-state index in [1.54, 1.807) is 24.3 Å². The summed E-state index contributed by atoms with van der Waals surface area (Å²) in [5, 5.41) is 32.1. The highest BCUT2D eigenvalue weighted by molar-refractivity contribution is 6.11. The first kappa shape index (κ1) is 38.6. The second-order valence-electron chi connectivity index (χ2n) is 14.5. The summed E-state index contributed by atoms with van der Waals surface area (Å²) in [6.45, 7) is 9.57. The summed E-state index contributed by atoms with van der Waals surface area (Å²) in [5.74, 6) is 1.02. The molecule has 9 rings (SSSR count). The molecular weight excluding hydrogens is 782 g/mol. The van der Waals surface area contributed by atoms with E-state index in [2.05, 4.69) is 23.1 Å². The van der Waals surface area contributed by atoms with Gasteiger partial charge in [0.25, 0.3) is 0 Å². The average Bonchev–Trinajstić information content (AvgIpc) is 3.63. The quantitative estimate of drug-likeness (QED) is 0.154. The lowest BCUT2D eigenvalue weighted by Gasteiger charge is -2.22. The van der Waals surface area contributed by atoms with Crippen LogP contribution in [0.1, 0.15) is 27.8 Å². The molecule has 0 fully saturated rings. The van der Waals surface area contributed by atoms with Gasteiger partial charge in [-0.25, -0.2) is 19.8 Å². The van der Waals surface area contributed by atoms with E-state index in [9.17, 15) is 29.0 Å². The molecule has 0 bridgehead atoms. The Hall–Kier alpha value is -8.90. The predicted octanol–water partition coefficient (Wildman–Crippen LogP) is 12.8. The minimum absolute atomic E-state index is 0.152. The van der Waals surface area contributed by atoms with Crippen molar-refractivity contribution in [2.45, 2.75) is 13.1 Å². The van der Waals surface area contributed by atoms with Crippen LogP contribution in [0.25, 0.3) is 88.8 Å². The van der Waals surface area contributed by atoms with Crippen LogP contribution in [0.15, 0.2) is 146 Å². The molecule has 0 aliphatic carbocycles. The number of alkyl halides is 3. The van der Waals surface area contributed by atoms with E-state index in [1.807, 2.05) is 102 Å². The average molecular weight is 809 g/mol. The van der Waals surface area contributed by atoms with Crippen LogP contribution in [0, 0.1) is 47.5 Å². The lowest BCUT2D eigenvalue weighted by Crippen LogP contribution is -2.06. The van der Waals surface area contributed by atoms with Crippen molar-refractivity contribution < 1.29 is 13.2 Å². The maximum Gasteiger partial charge on any atom is 0.416 e. The number of hydrogen-bond donors (Lipinski definition) is 0. The topological polar surface area (TPSA) is 119 Å². The van der Waals surface area contributed by atoms with Gasteiger partial charge < -0.3 is 4.57 Å². The summed E-state index contributed by atoms with van der Waals surface area (Å²) in [4.78, 5) is 18.4. The first-order chi connectivity index (χ1) is 30.1. The van der Waals surface area contributed by atoms with Gasteiger partial charge in [-0.1, -0.05) is 90.5 Å². The molecule has 7 aromatic carbocycles. The Morgan fingerprint density at radius 2 is 1.08 bits per heavy atom. The van der Waals surface area contributed by atoms with E-state index in [1.165, 1.54) is 18.2 Å². The molecule has 0 saturated carbocycles. The van der Waals surface area contributed by atoms with Crippen molar-refractivity contribution in [3.63, 3.8) is 0 Å². The largest absolute Gasteiger partial charge is 0.416 e. The zero-order valence-electron chi connectivity index (χ0n) is 32.6. The summed E-state index contributed by atoms with van der Waals surface area (Å²) in [6, 6.07) is 47.7. The molecule has 2 heterocycles. The molecule has 292 valence electrons. The van der Waals surface area contributed by atoms with E-state index in [-0.39, 0.29) is 28.2 Å². The number of hydrogen-bond acceptors (Lipinski definition) is 6. The first-order valence-corrected chi connectivity index (χ1v) is 19.1. The van der Waals surface area contributed by atoms with Crippen molar-refractivity contribution in [3.8, 4) is 80.3 Å². The summed E-state index contributed by atoms with van der Waals surface area (Å²) in [7, 11) is 0. The smallest absolute Gasteiger partial charge is 0.308 e. The fourth-order valence-corrected chi connectivity index (χ4v) is 7.78. The highest BCUT2D eigenvalue weighted by Crippen LogP contribution is 2.46. The van der Waals surface area contributed by atoms with Gasteiger partial charge in [0.05, 0.1) is 58.2 Å². The van der Waals surface area contributed by atoms with E-state index < -0.39 is 11.7 Å². The molecule has 0 aliphatic heterocycles. The Kier molecular flexibility index (Phi) is 9.57. The van der Waals surface area contributed by atoms with Crippen molar-refractivity contribution in [1.82, 2.24) is 19.5 Å². The first-order valence-electron chi connectivity index (χ1n) is 19.1. The van der Waals surface area contributed by atoms with Crippen LogP contribution in [-0.4, -0.2) is 19.5 Å². The third-order valence-electron chi connectivity index (χ3n) is 10.6. The molecule has 0 unspecified atom stereocenters. The maximum absolute atomic E-state index is 14.3. The van der Waals surface area contributed by atoms with E-state index >= 15 is 0 Å². The number of aryl methyl sites for hydroxylation is 1. The van der Waals surface area contributed by atoms with Crippen molar-refractivity contribution >= 4 is 27.5 Å². The van der Waals surface area contributed by atoms with E-state index in [0.717, 1.165) is 28.8 Å². The zero-order chi connectivity index (χ0) is 43.1. The van der Waals surface area contributed by atoms with Crippen LogP contribution >= 0.6 is 0 Å². The monoisotopic (exact) mass is 808 g/mol. The SMILES string of the molecule is [C-]#[N+]c1ccc(-c2cc(-c3nc(-c4ccccc4)nc(-c4ccccc4)n3)cc(-c3ccc(C#N)cc3C#N)c2-n2c3ccc(C)cc3c3cc(C(F)(F)F)ccc32)c(C#N)c1. The van der Waals surface area contributed by atoms with Crippen molar-refractivity contribution in [2.75, 3.05) is 0 Å². The summed E-state index contributed by atoms with van der Waals surface area (Å²) in [5.41, 5.74) is 5.76. The summed E-state index contributed by atoms with van der Waals surface area (Å²) >= 11 is 0. The maximum atomic E-state index is 14.3. The molecule has 0 radical (unpaired) electrons. The molecule has 62 heavy (non-hydrogen) atoms. The number of rotatable bonds is 6. The molecule has 0 saturated heterocycles. The summed E-state index contributed by atoms with van der Waals surface area (Å²) in [6.07, 6.45) is -4.62. The van der Waals surface area contributed by atoms with Gasteiger partial charge in [0, 0.05) is 49.7 Å². The molecule has 0 N–H and O–H groups in total. The summed E-state index contributed by atoms with van der Waals surface area (Å²) < 4.78 is 44.9. The van der Waals surface area contributed by atoms with Crippen LogP contribution in [0.5, 0.6) is 0 Å². The zero-order valence-corrected chi connectivity index (χ0v) is 32.6. The lowest BCUT2D eigenvalue weighted by molar-refractivity contribution is -0.137. The lowest BCUT2D eigenvalue weighted by atomic mass is 9.88. The van der Waals surface area contributed by atoms with Gasteiger partial charge >= 0.3 is 6.18 Å². The number of halogens is 3. The van der Waals surface area contributed by atoms with Crippen molar-refractivity contribution in [3.05, 3.63) is 185 Å². The fraction of sp³-hybridized carbons (Fsp3) is 0.0392. The van der Waals surface area contributed by atoms with Crippen molar-refractivity contribution in [1.29, 1.82) is 15.8 Å². The van der Waals surface area contributed by atoms with Crippen LogP contribution < -0.4 is 0 Å². The molecule has 8 nitrogen and oxygen atoms in total. The Bertz CT molecular complexity index is 3300. The minimum atomic E-state index is -4.62. The van der Waals surface area contributed by atoms with Crippen LogP contribution in [0.4, 0.5) is 18.9 Å². The van der Waals surface area contributed by atoms with Gasteiger partial charge in [0.1, 0.15) is 0 Å². The standard InChI is InChI=1S/C51H27F3N8/c1-30-13-19-45-41(21-30)42-26-37(51(52,53)54)15-20-46(42)62(45)47-43(39-17-14-31(27-55)22-35(39)28-56)24-34(25-44(47)40-18-16-38(58-2)23-36(40)29-57)50-60-48(32-9-5-3-6-10-32)59-49(61-50)33-11-7-4-8-12-33/h3-26H,1H3. The number of nitrogens with zero attached hydrogens (tertiary/aromatic N) is 8. The number of fused-ring (bicyclic) bond motifs is 3. The van der Waals surface area contributed by atoms with Crippen LogP contribution in [0.2, 0.25) is 0 Å². The predicted molar refractivity (Wildman–Crippen MR) is 231 cm³/mol. The van der Waals surface area contributed by atoms with E-state index in [4.69, 9.17) is 21.5 Å². The van der Waals surface area contributed by atoms with E-state index in [0.29, 0.717) is 67.0 Å². The molecule has 0 atom stereocenters. The van der Waals surface area contributed by atoms with Gasteiger partial charge in [0.2, 0.25) is 0 Å². The van der Waals surface area contributed by atoms with Crippen LogP contribution in [-0.2, 0) is 6.18 Å². The Morgan fingerprint density at radius 1 is 0.548 bits per heavy atom. The Balaban J connectivity index is 1.48. The van der Waals surface area contributed by atoms with Gasteiger partial charge in [-0.15, -0.1) is 0 Å². The molecule has 0 spiro atoms. The molecular formula is C51H27F3N8. The van der Waals surface area contributed by atoms with Gasteiger partial charge in [-0.05, 0) is 73.2 Å². The Morgan fingerprint density at radius 3 is 1.63 bits per heavy atom. The number of benzene rings is 7. The third kappa shape index (κ3) is 6.82. The normalized spacial score (nSPS) is 11.2. The molecule has 2 aromatic heterocycles. The van der Waals surface area contributed by atoms with Gasteiger partial charge in [-0.2, -0.15) is 29.0 Å². The molecule has 9 aromatic rings. The molecule has 11 heteroatoms. The highest BCUT2D eigenvalue weighted by atomic mass is 19.4. The fourth-order valence-electron chi connectivity index (χ4n) is 7.78. The minimum Gasteiger partial charge on any atom is -0.308 e. The van der Waals surface area contributed by atoms with Gasteiger partial charge in [-0.3, -0.25) is 0 Å². The molecule has 0 amide bonds. The van der Waals surface area contributed by atoms with Crippen LogP contribution in [0.3, 0.4) is 0 Å². The molecule has 0 aliphatic rings. The van der Waals surface area contributed by atoms with Gasteiger partial charge in [0.15, 0.2) is 23.2 Å².